The van der Waals surface area contributed by atoms with Gasteiger partial charge in [0.15, 0.2) is 0 Å². The van der Waals surface area contributed by atoms with Gasteiger partial charge in [-0.2, -0.15) is 18.4 Å². The maximum absolute atomic E-state index is 12.3. The first kappa shape index (κ1) is 18.1. The minimum atomic E-state index is -3.90. The fourth-order valence-electron chi connectivity index (χ4n) is 1.93. The van der Waals surface area contributed by atoms with Crippen LogP contribution in [0.1, 0.15) is 12.5 Å². The van der Waals surface area contributed by atoms with Gasteiger partial charge in [0.25, 0.3) is 10.0 Å². The molecule has 24 heavy (non-hydrogen) atoms. The van der Waals surface area contributed by atoms with Gasteiger partial charge >= 0.3 is 0 Å². The molecule has 0 saturated carbocycles. The van der Waals surface area contributed by atoms with Gasteiger partial charge < -0.3 is 9.47 Å². The molecule has 0 saturated heterocycles. The molecule has 0 amide bonds. The Kier molecular flexibility index (Phi) is 6.05. The molecular weight excluding hydrogens is 352 g/mol. The second kappa shape index (κ2) is 8.03. The number of hydrogen-bond acceptors (Lipinski definition) is 5. The molecule has 2 aromatic rings. The van der Waals surface area contributed by atoms with Crippen LogP contribution in [0.4, 0.5) is 0 Å². The highest BCUT2D eigenvalue weighted by Crippen LogP contribution is 2.26. The van der Waals surface area contributed by atoms with Crippen LogP contribution in [0.5, 0.6) is 11.5 Å². The van der Waals surface area contributed by atoms with Crippen molar-refractivity contribution in [2.45, 2.75) is 11.8 Å². The molecule has 1 N–H and O–H groups in total. The normalized spacial score (nSPS) is 11.5. The number of methoxy groups -OCH3 is 1. The summed E-state index contributed by atoms with van der Waals surface area (Å²) in [6.07, 6.45) is 1.39. The minimum absolute atomic E-state index is 0.0854. The van der Waals surface area contributed by atoms with Crippen molar-refractivity contribution in [1.82, 2.24) is 4.83 Å². The van der Waals surface area contributed by atoms with Crippen LogP contribution in [-0.4, -0.2) is 28.3 Å². The molecule has 0 heterocycles. The maximum Gasteiger partial charge on any atom is 0.280 e. The van der Waals surface area contributed by atoms with Gasteiger partial charge in [-0.05, 0) is 42.8 Å². The second-order valence-corrected chi connectivity index (χ2v) is 6.72. The molecule has 0 atom stereocenters. The third kappa shape index (κ3) is 4.62. The standard InChI is InChI=1S/C16H17ClN2O4S/c1-3-23-14-6-4-5-12(9-14)11-18-19-24(20,21)16-10-13(17)7-8-15(16)22-2/h4-11,19H,3H2,1-2H3/b18-11+. The lowest BCUT2D eigenvalue weighted by atomic mass is 10.2. The molecule has 0 radical (unpaired) electrons. The molecule has 0 spiro atoms. The number of halogens is 1. The van der Waals surface area contributed by atoms with E-state index in [4.69, 9.17) is 21.1 Å². The van der Waals surface area contributed by atoms with Crippen LogP contribution in [0.15, 0.2) is 52.5 Å². The van der Waals surface area contributed by atoms with Gasteiger partial charge in [0.2, 0.25) is 0 Å². The Bertz CT molecular complexity index is 838. The van der Waals surface area contributed by atoms with Crippen LogP contribution in [-0.2, 0) is 10.0 Å². The summed E-state index contributed by atoms with van der Waals surface area (Å²) >= 11 is 5.86. The summed E-state index contributed by atoms with van der Waals surface area (Å²) in [7, 11) is -2.52. The molecule has 2 aromatic carbocycles. The summed E-state index contributed by atoms with van der Waals surface area (Å²) in [6.45, 7) is 2.43. The molecule has 0 fully saturated rings. The van der Waals surface area contributed by atoms with Crippen molar-refractivity contribution in [3.8, 4) is 11.5 Å². The van der Waals surface area contributed by atoms with Crippen LogP contribution < -0.4 is 14.3 Å². The summed E-state index contributed by atoms with van der Waals surface area (Å²) in [5, 5.41) is 4.06. The molecule has 0 bridgehead atoms. The maximum atomic E-state index is 12.3. The summed E-state index contributed by atoms with van der Waals surface area (Å²) in [4.78, 5) is 2.05. The van der Waals surface area contributed by atoms with Crippen LogP contribution in [0, 0.1) is 0 Å². The smallest absolute Gasteiger partial charge is 0.280 e. The molecule has 6 nitrogen and oxygen atoms in total. The van der Waals surface area contributed by atoms with Crippen molar-refractivity contribution in [3.63, 3.8) is 0 Å². The monoisotopic (exact) mass is 368 g/mol. The molecule has 0 aliphatic rings. The van der Waals surface area contributed by atoms with E-state index in [0.717, 1.165) is 0 Å². The van der Waals surface area contributed by atoms with Crippen molar-refractivity contribution < 1.29 is 17.9 Å². The minimum Gasteiger partial charge on any atom is -0.495 e. The van der Waals surface area contributed by atoms with Crippen molar-refractivity contribution in [3.05, 3.63) is 53.1 Å². The van der Waals surface area contributed by atoms with Crippen molar-refractivity contribution in [2.24, 2.45) is 5.10 Å². The van der Waals surface area contributed by atoms with Gasteiger partial charge in [-0.1, -0.05) is 23.7 Å². The zero-order chi connectivity index (χ0) is 17.6. The average molecular weight is 369 g/mol. The molecular formula is C16H17ClN2O4S. The number of hydrazone groups is 1. The predicted octanol–water partition coefficient (Wildman–Crippen LogP) is 3.06. The number of rotatable bonds is 7. The van der Waals surface area contributed by atoms with Crippen LogP contribution in [0.2, 0.25) is 5.02 Å². The number of benzene rings is 2. The summed E-state index contributed by atoms with van der Waals surface area (Å²) in [5.74, 6) is 0.862. The zero-order valence-electron chi connectivity index (χ0n) is 13.2. The third-order valence-electron chi connectivity index (χ3n) is 2.97. The van der Waals surface area contributed by atoms with E-state index in [-0.39, 0.29) is 15.7 Å². The Morgan fingerprint density at radius 2 is 2.04 bits per heavy atom. The third-order valence-corrected chi connectivity index (χ3v) is 4.45. The average Bonchev–Trinajstić information content (AvgIpc) is 2.55. The van der Waals surface area contributed by atoms with Gasteiger partial charge in [-0.15, -0.1) is 0 Å². The summed E-state index contributed by atoms with van der Waals surface area (Å²) in [6, 6.07) is 11.5. The number of ether oxygens (including phenoxy) is 2. The predicted molar refractivity (Wildman–Crippen MR) is 93.5 cm³/mol. The Balaban J connectivity index is 2.18. The highest BCUT2D eigenvalue weighted by atomic mass is 35.5. The van der Waals surface area contributed by atoms with Crippen molar-refractivity contribution >= 4 is 27.8 Å². The Morgan fingerprint density at radius 3 is 2.75 bits per heavy atom. The Hall–Kier alpha value is -2.25. The van der Waals surface area contributed by atoms with Crippen LogP contribution >= 0.6 is 11.6 Å². The second-order valence-electron chi connectivity index (χ2n) is 4.65. The largest absolute Gasteiger partial charge is 0.495 e. The van der Waals surface area contributed by atoms with E-state index in [1.165, 1.54) is 25.5 Å². The first-order valence-corrected chi connectivity index (χ1v) is 8.93. The topological polar surface area (TPSA) is 77.0 Å². The fraction of sp³-hybridized carbons (Fsp3) is 0.188. The van der Waals surface area contributed by atoms with E-state index >= 15 is 0 Å². The SMILES string of the molecule is CCOc1cccc(/C=N/NS(=O)(=O)c2cc(Cl)ccc2OC)c1. The lowest BCUT2D eigenvalue weighted by molar-refractivity contribution is 0.340. The summed E-state index contributed by atoms with van der Waals surface area (Å²) < 4.78 is 35.1. The molecule has 2 rings (SSSR count). The summed E-state index contributed by atoms with van der Waals surface area (Å²) in [5.41, 5.74) is 0.696. The highest BCUT2D eigenvalue weighted by molar-refractivity contribution is 7.89. The number of nitrogens with one attached hydrogen (secondary N) is 1. The lowest BCUT2D eigenvalue weighted by Crippen LogP contribution is -2.19. The fourth-order valence-corrected chi connectivity index (χ4v) is 3.16. The van der Waals surface area contributed by atoms with E-state index in [9.17, 15) is 8.42 Å². The first-order valence-electron chi connectivity index (χ1n) is 7.07. The Morgan fingerprint density at radius 1 is 1.25 bits per heavy atom. The molecule has 0 aromatic heterocycles. The van der Waals surface area contributed by atoms with E-state index < -0.39 is 10.0 Å². The van der Waals surface area contributed by atoms with Crippen molar-refractivity contribution in [2.75, 3.05) is 13.7 Å². The highest BCUT2D eigenvalue weighted by Gasteiger charge is 2.19. The van der Waals surface area contributed by atoms with Crippen LogP contribution in [0.25, 0.3) is 0 Å². The Labute approximate surface area is 146 Å². The van der Waals surface area contributed by atoms with Gasteiger partial charge in [0, 0.05) is 5.02 Å². The first-order chi connectivity index (χ1) is 11.5. The van der Waals surface area contributed by atoms with E-state index in [1.807, 2.05) is 13.0 Å². The van der Waals surface area contributed by atoms with Gasteiger partial charge in [-0.3, -0.25) is 0 Å². The quantitative estimate of drug-likeness (QED) is 0.602. The number of hydrogen-bond donors (Lipinski definition) is 1. The van der Waals surface area contributed by atoms with Crippen LogP contribution in [0.3, 0.4) is 0 Å². The van der Waals surface area contributed by atoms with E-state index in [1.54, 1.807) is 24.3 Å². The zero-order valence-corrected chi connectivity index (χ0v) is 14.8. The number of nitrogens with zero attached hydrogens (tertiary/aromatic N) is 1. The van der Waals surface area contributed by atoms with Gasteiger partial charge in [0.05, 0.1) is 19.9 Å². The molecule has 0 aliphatic carbocycles. The number of sulfonamides is 1. The molecule has 128 valence electrons. The molecule has 0 unspecified atom stereocenters. The lowest BCUT2D eigenvalue weighted by Gasteiger charge is -2.09. The van der Waals surface area contributed by atoms with Crippen molar-refractivity contribution in [1.29, 1.82) is 0 Å². The molecule has 8 heteroatoms. The van der Waals surface area contributed by atoms with Gasteiger partial charge in [-0.25, -0.2) is 0 Å². The van der Waals surface area contributed by atoms with E-state index in [2.05, 4.69) is 9.93 Å². The molecule has 0 aliphatic heterocycles. The van der Waals surface area contributed by atoms with Gasteiger partial charge in [0.1, 0.15) is 16.4 Å². The van der Waals surface area contributed by atoms with E-state index in [0.29, 0.717) is 17.9 Å².